The molecule has 2 aliphatic carbocycles. The normalized spacial score (nSPS) is 21.5. The first kappa shape index (κ1) is 18.0. The predicted octanol–water partition coefficient (Wildman–Crippen LogP) is 3.48. The van der Waals surface area contributed by atoms with E-state index in [1.165, 1.54) is 50.5 Å². The minimum absolute atomic E-state index is 0.593. The van der Waals surface area contributed by atoms with Crippen molar-refractivity contribution in [1.82, 2.24) is 24.8 Å². The fourth-order valence-electron chi connectivity index (χ4n) is 4.54. The van der Waals surface area contributed by atoms with Crippen LogP contribution in [0.4, 0.5) is 5.82 Å². The Kier molecular flexibility index (Phi) is 4.97. The maximum absolute atomic E-state index is 4.63. The van der Waals surface area contributed by atoms with Crippen LogP contribution in [0.1, 0.15) is 67.9 Å². The van der Waals surface area contributed by atoms with E-state index in [2.05, 4.69) is 42.7 Å². The van der Waals surface area contributed by atoms with E-state index in [0.29, 0.717) is 18.0 Å². The molecular weight excluding hydrogens is 348 g/mol. The smallest absolute Gasteiger partial charge is 0.132 e. The van der Waals surface area contributed by atoms with Crippen molar-refractivity contribution in [2.75, 3.05) is 18.0 Å². The van der Waals surface area contributed by atoms with E-state index in [9.17, 15) is 0 Å². The maximum Gasteiger partial charge on any atom is 0.132 e. The van der Waals surface area contributed by atoms with Crippen molar-refractivity contribution in [2.24, 2.45) is 0 Å². The highest BCUT2D eigenvalue weighted by Gasteiger charge is 2.36. The third kappa shape index (κ3) is 3.88. The van der Waals surface area contributed by atoms with Gasteiger partial charge in [0.05, 0.1) is 0 Å². The zero-order valence-corrected chi connectivity index (χ0v) is 16.8. The van der Waals surface area contributed by atoms with Gasteiger partial charge in [-0.1, -0.05) is 6.42 Å². The van der Waals surface area contributed by atoms with Crippen molar-refractivity contribution >= 4 is 5.82 Å². The second kappa shape index (κ2) is 7.74. The zero-order chi connectivity index (χ0) is 18.9. The molecule has 0 bridgehead atoms. The number of likely N-dealkylation sites (tertiary alicyclic amines) is 1. The Morgan fingerprint density at radius 1 is 0.929 bits per heavy atom. The molecule has 0 amide bonds. The lowest BCUT2D eigenvalue weighted by atomic mass is 9.85. The van der Waals surface area contributed by atoms with Gasteiger partial charge in [-0.05, 0) is 45.4 Å². The molecule has 2 aromatic heterocycles. The molecule has 3 aliphatic rings. The monoisotopic (exact) mass is 378 g/mol. The highest BCUT2D eigenvalue weighted by atomic mass is 15.3. The summed E-state index contributed by atoms with van der Waals surface area (Å²) in [6.45, 7) is 5.27. The summed E-state index contributed by atoms with van der Waals surface area (Å²) < 4.78 is 0. The van der Waals surface area contributed by atoms with Gasteiger partial charge in [-0.15, -0.1) is 0 Å². The molecule has 0 unspecified atom stereocenters. The largest absolute Gasteiger partial charge is 0.350 e. The van der Waals surface area contributed by atoms with Crippen LogP contribution in [-0.2, 0) is 6.54 Å². The molecule has 0 radical (unpaired) electrons. The van der Waals surface area contributed by atoms with Crippen LogP contribution in [0.2, 0.25) is 0 Å². The third-order valence-electron chi connectivity index (χ3n) is 6.55. The summed E-state index contributed by atoms with van der Waals surface area (Å²) in [4.78, 5) is 23.2. The van der Waals surface area contributed by atoms with Crippen LogP contribution < -0.4 is 4.90 Å². The first-order valence-electron chi connectivity index (χ1n) is 10.9. The number of rotatable bonds is 6. The molecule has 148 valence electrons. The average molecular weight is 379 g/mol. The van der Waals surface area contributed by atoms with Crippen LogP contribution in [0.15, 0.2) is 24.8 Å². The summed E-state index contributed by atoms with van der Waals surface area (Å²) in [7, 11) is 0. The van der Waals surface area contributed by atoms with Gasteiger partial charge in [-0.3, -0.25) is 4.90 Å². The Balaban J connectivity index is 1.18. The van der Waals surface area contributed by atoms with Crippen LogP contribution in [0, 0.1) is 6.92 Å². The van der Waals surface area contributed by atoms with Crippen LogP contribution >= 0.6 is 0 Å². The van der Waals surface area contributed by atoms with E-state index in [1.54, 1.807) is 6.33 Å². The maximum atomic E-state index is 4.63. The highest BCUT2D eigenvalue weighted by Crippen LogP contribution is 2.36. The van der Waals surface area contributed by atoms with Crippen molar-refractivity contribution < 1.29 is 0 Å². The summed E-state index contributed by atoms with van der Waals surface area (Å²) in [5.74, 6) is 2.78. The lowest BCUT2D eigenvalue weighted by Crippen LogP contribution is -2.46. The quantitative estimate of drug-likeness (QED) is 0.767. The molecule has 1 saturated heterocycles. The van der Waals surface area contributed by atoms with E-state index < -0.39 is 0 Å². The predicted molar refractivity (Wildman–Crippen MR) is 109 cm³/mol. The molecule has 0 N–H and O–H groups in total. The van der Waals surface area contributed by atoms with Crippen molar-refractivity contribution in [3.05, 3.63) is 41.9 Å². The van der Waals surface area contributed by atoms with Gasteiger partial charge in [0, 0.05) is 67.4 Å². The van der Waals surface area contributed by atoms with Crippen molar-refractivity contribution in [1.29, 1.82) is 0 Å². The van der Waals surface area contributed by atoms with Gasteiger partial charge in [0.2, 0.25) is 0 Å². The summed E-state index contributed by atoms with van der Waals surface area (Å²) in [6, 6.07) is 3.42. The molecule has 3 heterocycles. The molecule has 0 aromatic carbocycles. The number of hydrogen-bond acceptors (Lipinski definition) is 6. The topological polar surface area (TPSA) is 58.0 Å². The second-order valence-corrected chi connectivity index (χ2v) is 8.74. The fourth-order valence-corrected chi connectivity index (χ4v) is 4.54. The lowest BCUT2D eigenvalue weighted by Gasteiger charge is -2.39. The summed E-state index contributed by atoms with van der Waals surface area (Å²) in [5.41, 5.74) is 2.30. The first-order chi connectivity index (χ1) is 13.8. The van der Waals surface area contributed by atoms with E-state index in [4.69, 9.17) is 0 Å². The number of anilines is 1. The highest BCUT2D eigenvalue weighted by molar-refractivity contribution is 5.43. The van der Waals surface area contributed by atoms with Crippen molar-refractivity contribution in [2.45, 2.75) is 76.4 Å². The van der Waals surface area contributed by atoms with Gasteiger partial charge in [-0.2, -0.15) is 0 Å². The standard InChI is InChI=1S/C22H30N6/c1-16-11-21(26-15-25-16)28(19-5-6-19)20-7-9-27(10-8-20)14-17-12-23-22(24-13-17)18-3-2-4-18/h11-13,15,18-20H,2-10,14H2,1H3. The Hall–Kier alpha value is -2.08. The fraction of sp³-hybridized carbons (Fsp3) is 0.636. The van der Waals surface area contributed by atoms with Gasteiger partial charge >= 0.3 is 0 Å². The van der Waals surface area contributed by atoms with Crippen molar-refractivity contribution in [3.63, 3.8) is 0 Å². The minimum Gasteiger partial charge on any atom is -0.350 e. The average Bonchev–Trinajstić information content (AvgIpc) is 3.49. The molecular formula is C22H30N6. The molecule has 6 nitrogen and oxygen atoms in total. The van der Waals surface area contributed by atoms with Crippen LogP contribution in [0.25, 0.3) is 0 Å². The Morgan fingerprint density at radius 2 is 1.64 bits per heavy atom. The van der Waals surface area contributed by atoms with Gasteiger partial charge < -0.3 is 4.90 Å². The number of piperidine rings is 1. The van der Waals surface area contributed by atoms with Gasteiger partial charge in [-0.25, -0.2) is 19.9 Å². The van der Waals surface area contributed by atoms with E-state index in [1.807, 2.05) is 12.4 Å². The van der Waals surface area contributed by atoms with Crippen LogP contribution in [-0.4, -0.2) is 50.0 Å². The molecule has 28 heavy (non-hydrogen) atoms. The first-order valence-corrected chi connectivity index (χ1v) is 10.9. The number of aromatic nitrogens is 4. The van der Waals surface area contributed by atoms with E-state index in [-0.39, 0.29) is 0 Å². The molecule has 2 aromatic rings. The molecule has 0 atom stereocenters. The van der Waals surface area contributed by atoms with Gasteiger partial charge in [0.15, 0.2) is 0 Å². The Labute approximate surface area is 167 Å². The SMILES string of the molecule is Cc1cc(N(C2CC2)C2CCN(Cc3cnc(C4CCC4)nc3)CC2)ncn1. The summed E-state index contributed by atoms with van der Waals surface area (Å²) >= 11 is 0. The van der Waals surface area contributed by atoms with E-state index >= 15 is 0 Å². The molecule has 2 saturated carbocycles. The van der Waals surface area contributed by atoms with Crippen LogP contribution in [0.3, 0.4) is 0 Å². The number of nitrogens with zero attached hydrogens (tertiary/aromatic N) is 6. The lowest BCUT2D eigenvalue weighted by molar-refractivity contribution is 0.200. The molecule has 0 spiro atoms. The molecule has 1 aliphatic heterocycles. The Morgan fingerprint density at radius 3 is 2.25 bits per heavy atom. The molecule has 3 fully saturated rings. The molecule has 6 heteroatoms. The van der Waals surface area contributed by atoms with Gasteiger partial charge in [0.25, 0.3) is 0 Å². The van der Waals surface area contributed by atoms with Crippen molar-refractivity contribution in [3.8, 4) is 0 Å². The van der Waals surface area contributed by atoms with Crippen LogP contribution in [0.5, 0.6) is 0 Å². The molecule has 5 rings (SSSR count). The summed E-state index contributed by atoms with van der Waals surface area (Å²) in [5, 5.41) is 0. The van der Waals surface area contributed by atoms with Gasteiger partial charge in [0.1, 0.15) is 18.0 Å². The number of aryl methyl sites for hydroxylation is 1. The number of hydrogen-bond donors (Lipinski definition) is 0. The third-order valence-corrected chi connectivity index (χ3v) is 6.55. The second-order valence-electron chi connectivity index (χ2n) is 8.74. The Bertz CT molecular complexity index is 791. The zero-order valence-electron chi connectivity index (χ0n) is 16.8. The summed E-state index contributed by atoms with van der Waals surface area (Å²) in [6.07, 6.45) is 14.6. The van der Waals surface area contributed by atoms with E-state index in [0.717, 1.165) is 37.0 Å². The minimum atomic E-state index is 0.593.